The first-order chi connectivity index (χ1) is 15.6. The van der Waals surface area contributed by atoms with Gasteiger partial charge in [-0.1, -0.05) is 83.9 Å². The van der Waals surface area contributed by atoms with Gasteiger partial charge < -0.3 is 0 Å². The van der Waals surface area contributed by atoms with E-state index in [2.05, 4.69) is 91.5 Å². The maximum absolute atomic E-state index is 13.5. The molecule has 32 heavy (non-hydrogen) atoms. The van der Waals surface area contributed by atoms with Crippen molar-refractivity contribution in [1.82, 2.24) is 9.91 Å². The zero-order chi connectivity index (χ0) is 22.1. The van der Waals surface area contributed by atoms with Gasteiger partial charge >= 0.3 is 0 Å². The van der Waals surface area contributed by atoms with E-state index in [-0.39, 0.29) is 11.9 Å². The first-order valence-electron chi connectivity index (χ1n) is 11.4. The smallest absolute Gasteiger partial charge is 0.257 e. The number of aryl methyl sites for hydroxylation is 2. The van der Waals surface area contributed by atoms with Gasteiger partial charge in [0.25, 0.3) is 5.91 Å². The first-order valence-corrected chi connectivity index (χ1v) is 11.4. The quantitative estimate of drug-likeness (QED) is 0.589. The van der Waals surface area contributed by atoms with E-state index in [1.54, 1.807) is 5.01 Å². The van der Waals surface area contributed by atoms with Crippen LogP contribution in [0.2, 0.25) is 0 Å². The molecule has 2 aliphatic heterocycles. The van der Waals surface area contributed by atoms with Crippen molar-refractivity contribution < 1.29 is 4.79 Å². The molecule has 0 N–H and O–H groups in total. The van der Waals surface area contributed by atoms with Crippen LogP contribution in [0.15, 0.2) is 77.9 Å². The van der Waals surface area contributed by atoms with Crippen LogP contribution in [0.25, 0.3) is 0 Å². The highest BCUT2D eigenvalue weighted by Gasteiger charge is 2.34. The van der Waals surface area contributed by atoms with Crippen LogP contribution in [-0.4, -0.2) is 34.6 Å². The second-order valence-corrected chi connectivity index (χ2v) is 9.01. The van der Waals surface area contributed by atoms with Crippen LogP contribution in [0.3, 0.4) is 0 Å². The summed E-state index contributed by atoms with van der Waals surface area (Å²) in [6, 6.07) is 25.4. The van der Waals surface area contributed by atoms with Gasteiger partial charge in [0.05, 0.1) is 18.3 Å². The van der Waals surface area contributed by atoms with Crippen molar-refractivity contribution in [3.8, 4) is 0 Å². The zero-order valence-electron chi connectivity index (χ0n) is 18.8. The molecule has 162 valence electrons. The Hall–Kier alpha value is -3.24. The number of benzene rings is 3. The summed E-state index contributed by atoms with van der Waals surface area (Å²) in [6.45, 7) is 6.29. The van der Waals surface area contributed by atoms with Crippen molar-refractivity contribution in [1.29, 1.82) is 0 Å². The summed E-state index contributed by atoms with van der Waals surface area (Å²) in [7, 11) is 0. The minimum Gasteiger partial charge on any atom is -0.290 e. The van der Waals surface area contributed by atoms with Crippen LogP contribution < -0.4 is 0 Å². The van der Waals surface area contributed by atoms with Crippen LogP contribution >= 0.6 is 0 Å². The van der Waals surface area contributed by atoms with Crippen molar-refractivity contribution in [2.24, 2.45) is 5.10 Å². The second-order valence-electron chi connectivity index (χ2n) is 9.01. The molecule has 4 nitrogen and oxygen atoms in total. The highest BCUT2D eigenvalue weighted by molar-refractivity contribution is 6.03. The number of rotatable bonds is 4. The Kier molecular flexibility index (Phi) is 5.62. The van der Waals surface area contributed by atoms with Crippen molar-refractivity contribution in [2.45, 2.75) is 39.3 Å². The summed E-state index contributed by atoms with van der Waals surface area (Å²) in [5.41, 5.74) is 8.37. The summed E-state index contributed by atoms with van der Waals surface area (Å²) < 4.78 is 0. The standard InChI is InChI=1S/C28H29N3O/c1-20-10-12-23(13-11-20)27-17-26(24-9-5-6-21(2)16-24)29-31(27)28(32)19-30-15-14-22-7-3-4-8-25(22)18-30/h3-13,16,27H,14-15,17-19H2,1-2H3/t27-/m1/s1. The van der Waals surface area contributed by atoms with Gasteiger partial charge in [-0.05, 0) is 42.5 Å². The molecule has 3 aromatic rings. The molecule has 0 aromatic heterocycles. The van der Waals surface area contributed by atoms with Gasteiger partial charge in [0.15, 0.2) is 0 Å². The first kappa shape index (κ1) is 20.7. The highest BCUT2D eigenvalue weighted by atomic mass is 16.2. The maximum Gasteiger partial charge on any atom is 0.257 e. The van der Waals surface area contributed by atoms with Crippen LogP contribution in [0, 0.1) is 13.8 Å². The van der Waals surface area contributed by atoms with E-state index >= 15 is 0 Å². The van der Waals surface area contributed by atoms with Crippen LogP contribution in [-0.2, 0) is 17.8 Å². The lowest BCUT2D eigenvalue weighted by molar-refractivity contribution is -0.134. The number of hydrogen-bond donors (Lipinski definition) is 0. The molecule has 2 aliphatic rings. The fraction of sp³-hybridized carbons (Fsp3) is 0.286. The molecule has 0 unspecified atom stereocenters. The molecule has 0 fully saturated rings. The van der Waals surface area contributed by atoms with Gasteiger partial charge in [0, 0.05) is 19.5 Å². The number of hydrazone groups is 1. The van der Waals surface area contributed by atoms with Gasteiger partial charge in [-0.3, -0.25) is 9.69 Å². The SMILES string of the molecule is Cc1ccc([C@H]2CC(c3cccc(C)c3)=NN2C(=O)CN2CCc3ccccc3C2)cc1. The minimum absolute atomic E-state index is 0.0595. The zero-order valence-corrected chi connectivity index (χ0v) is 18.8. The summed E-state index contributed by atoms with van der Waals surface area (Å²) >= 11 is 0. The Balaban J connectivity index is 1.40. The minimum atomic E-state index is -0.0595. The molecule has 3 aromatic carbocycles. The molecule has 0 aliphatic carbocycles. The van der Waals surface area contributed by atoms with Gasteiger partial charge in [-0.2, -0.15) is 5.10 Å². The van der Waals surface area contributed by atoms with Crippen molar-refractivity contribution in [3.63, 3.8) is 0 Å². The molecular formula is C28H29N3O. The fourth-order valence-corrected chi connectivity index (χ4v) is 4.74. The van der Waals surface area contributed by atoms with Gasteiger partial charge in [0.2, 0.25) is 0 Å². The second kappa shape index (κ2) is 8.71. The molecule has 2 heterocycles. The summed E-state index contributed by atoms with van der Waals surface area (Å²) in [5, 5.41) is 6.60. The average Bonchev–Trinajstić information content (AvgIpc) is 3.25. The topological polar surface area (TPSA) is 35.9 Å². The van der Waals surface area contributed by atoms with E-state index in [0.717, 1.165) is 42.8 Å². The average molecular weight is 424 g/mol. The van der Waals surface area contributed by atoms with E-state index in [4.69, 9.17) is 5.10 Å². The van der Waals surface area contributed by atoms with E-state index in [9.17, 15) is 4.79 Å². The van der Waals surface area contributed by atoms with E-state index in [1.165, 1.54) is 22.3 Å². The van der Waals surface area contributed by atoms with Gasteiger partial charge in [0.1, 0.15) is 0 Å². The lowest BCUT2D eigenvalue weighted by atomic mass is 9.97. The largest absolute Gasteiger partial charge is 0.290 e. The highest BCUT2D eigenvalue weighted by Crippen LogP contribution is 2.33. The molecule has 0 radical (unpaired) electrons. The molecule has 4 heteroatoms. The molecule has 0 saturated heterocycles. The molecule has 5 rings (SSSR count). The van der Waals surface area contributed by atoms with Crippen LogP contribution in [0.5, 0.6) is 0 Å². The molecule has 1 atom stereocenters. The molecule has 0 spiro atoms. The fourth-order valence-electron chi connectivity index (χ4n) is 4.74. The summed E-state index contributed by atoms with van der Waals surface area (Å²) in [5.74, 6) is 0.0672. The lowest BCUT2D eigenvalue weighted by Gasteiger charge is -2.30. The number of nitrogens with zero attached hydrogens (tertiary/aromatic N) is 3. The third-order valence-electron chi connectivity index (χ3n) is 6.55. The number of amides is 1. The predicted molar refractivity (Wildman–Crippen MR) is 129 cm³/mol. The van der Waals surface area contributed by atoms with E-state index in [0.29, 0.717) is 6.54 Å². The molecule has 0 saturated carbocycles. The summed E-state index contributed by atoms with van der Waals surface area (Å²) in [4.78, 5) is 15.7. The molecule has 0 bridgehead atoms. The van der Waals surface area contributed by atoms with Crippen molar-refractivity contribution in [2.75, 3.05) is 13.1 Å². The monoisotopic (exact) mass is 423 g/mol. The number of carbonyl (C=O) groups is 1. The number of hydrogen-bond acceptors (Lipinski definition) is 3. The molecule has 1 amide bonds. The Morgan fingerprint density at radius 3 is 2.50 bits per heavy atom. The van der Waals surface area contributed by atoms with Crippen molar-refractivity contribution in [3.05, 3.63) is 106 Å². The normalized spacial score (nSPS) is 18.4. The Labute approximate surface area is 190 Å². The Morgan fingerprint density at radius 1 is 0.938 bits per heavy atom. The third kappa shape index (κ3) is 4.23. The molecular weight excluding hydrogens is 394 g/mol. The van der Waals surface area contributed by atoms with E-state index < -0.39 is 0 Å². The van der Waals surface area contributed by atoms with E-state index in [1.807, 2.05) is 0 Å². The van der Waals surface area contributed by atoms with Crippen LogP contribution in [0.1, 0.15) is 45.8 Å². The third-order valence-corrected chi connectivity index (χ3v) is 6.55. The lowest BCUT2D eigenvalue weighted by Crippen LogP contribution is -2.40. The predicted octanol–water partition coefficient (Wildman–Crippen LogP) is 5.04. The summed E-state index contributed by atoms with van der Waals surface area (Å²) in [6.07, 6.45) is 1.73. The van der Waals surface area contributed by atoms with Gasteiger partial charge in [-0.15, -0.1) is 0 Å². The Bertz CT molecular complexity index is 1170. The van der Waals surface area contributed by atoms with Gasteiger partial charge in [-0.25, -0.2) is 5.01 Å². The van der Waals surface area contributed by atoms with Crippen LogP contribution in [0.4, 0.5) is 0 Å². The van der Waals surface area contributed by atoms with Crippen molar-refractivity contribution >= 4 is 11.6 Å². The number of fused-ring (bicyclic) bond motifs is 1. The number of carbonyl (C=O) groups excluding carboxylic acids is 1. The maximum atomic E-state index is 13.5. The Morgan fingerprint density at radius 2 is 1.72 bits per heavy atom.